The predicted octanol–water partition coefficient (Wildman–Crippen LogP) is 3.47. The highest BCUT2D eigenvalue weighted by atomic mass is 35.5. The van der Waals surface area contributed by atoms with Crippen molar-refractivity contribution in [1.29, 1.82) is 0 Å². The van der Waals surface area contributed by atoms with Crippen molar-refractivity contribution in [2.45, 2.75) is 39.0 Å². The Morgan fingerprint density at radius 2 is 1.60 bits per heavy atom. The highest BCUT2D eigenvalue weighted by molar-refractivity contribution is 5.85. The number of benzene rings is 1. The Balaban J connectivity index is 0.00000196. The van der Waals surface area contributed by atoms with Crippen molar-refractivity contribution in [1.82, 2.24) is 0 Å². The molecule has 2 heteroatoms. The van der Waals surface area contributed by atoms with E-state index in [2.05, 4.69) is 52.0 Å². The zero-order valence-corrected chi connectivity index (χ0v) is 10.9. The predicted molar refractivity (Wildman–Crippen MR) is 69.9 cm³/mol. The molecule has 0 fully saturated rings. The number of hydrogen-bond acceptors (Lipinski definition) is 1. The molecule has 1 rings (SSSR count). The second-order valence-electron chi connectivity index (χ2n) is 5.01. The molecule has 2 N–H and O–H groups in total. The number of hydrogen-bond donors (Lipinski definition) is 1. The number of nitrogens with two attached hydrogens (primary N) is 1. The molecule has 0 saturated carbocycles. The van der Waals surface area contributed by atoms with Crippen LogP contribution in [0.1, 0.15) is 44.7 Å². The van der Waals surface area contributed by atoms with Gasteiger partial charge in [-0.25, -0.2) is 0 Å². The van der Waals surface area contributed by atoms with E-state index in [0.29, 0.717) is 5.92 Å². The Kier molecular flexibility index (Phi) is 5.33. The van der Waals surface area contributed by atoms with Gasteiger partial charge in [0.2, 0.25) is 0 Å². The molecule has 0 aliphatic heterocycles. The van der Waals surface area contributed by atoms with Gasteiger partial charge in [-0.05, 0) is 29.0 Å². The molecule has 1 aromatic rings. The van der Waals surface area contributed by atoms with Crippen molar-refractivity contribution in [3.63, 3.8) is 0 Å². The fourth-order valence-electron chi connectivity index (χ4n) is 1.45. The highest BCUT2D eigenvalue weighted by Gasteiger charge is 2.13. The van der Waals surface area contributed by atoms with Crippen LogP contribution in [0.3, 0.4) is 0 Å². The van der Waals surface area contributed by atoms with Crippen LogP contribution in [-0.4, -0.2) is 6.54 Å². The van der Waals surface area contributed by atoms with Crippen LogP contribution in [0, 0.1) is 0 Å². The van der Waals surface area contributed by atoms with Gasteiger partial charge in [-0.2, -0.15) is 0 Å². The standard InChI is InChI=1S/C13H21N.ClH/c1-10(9-14)11-5-7-12(8-6-11)13(2,3)4;/h5-8,10H,9,14H2,1-4H3;1H. The maximum absolute atomic E-state index is 5.63. The normalized spacial score (nSPS) is 13.1. The summed E-state index contributed by atoms with van der Waals surface area (Å²) >= 11 is 0. The van der Waals surface area contributed by atoms with Crippen LogP contribution in [0.2, 0.25) is 0 Å². The summed E-state index contributed by atoms with van der Waals surface area (Å²) in [4.78, 5) is 0. The van der Waals surface area contributed by atoms with Gasteiger partial charge in [0.25, 0.3) is 0 Å². The lowest BCUT2D eigenvalue weighted by Gasteiger charge is -2.20. The Labute approximate surface area is 99.5 Å². The molecular weight excluding hydrogens is 206 g/mol. The smallest absolute Gasteiger partial charge is 0.00109 e. The monoisotopic (exact) mass is 227 g/mol. The number of halogens is 1. The van der Waals surface area contributed by atoms with Gasteiger partial charge in [-0.3, -0.25) is 0 Å². The summed E-state index contributed by atoms with van der Waals surface area (Å²) in [6.07, 6.45) is 0. The minimum atomic E-state index is 0. The second-order valence-corrected chi connectivity index (χ2v) is 5.01. The third kappa shape index (κ3) is 3.84. The molecule has 0 aliphatic carbocycles. The van der Waals surface area contributed by atoms with Crippen LogP contribution in [0.15, 0.2) is 24.3 Å². The molecule has 0 heterocycles. The molecule has 1 aromatic carbocycles. The van der Waals surface area contributed by atoms with Crippen LogP contribution in [-0.2, 0) is 5.41 Å². The van der Waals surface area contributed by atoms with Crippen molar-refractivity contribution < 1.29 is 0 Å². The molecule has 1 unspecified atom stereocenters. The lowest BCUT2D eigenvalue weighted by molar-refractivity contribution is 0.589. The van der Waals surface area contributed by atoms with Crippen molar-refractivity contribution >= 4 is 12.4 Å². The average molecular weight is 228 g/mol. The molecule has 15 heavy (non-hydrogen) atoms. The zero-order valence-electron chi connectivity index (χ0n) is 10.1. The van der Waals surface area contributed by atoms with E-state index < -0.39 is 0 Å². The van der Waals surface area contributed by atoms with E-state index in [-0.39, 0.29) is 17.8 Å². The Morgan fingerprint density at radius 3 is 1.93 bits per heavy atom. The third-order valence-electron chi connectivity index (χ3n) is 2.70. The van der Waals surface area contributed by atoms with Crippen LogP contribution in [0.25, 0.3) is 0 Å². The lowest BCUT2D eigenvalue weighted by Crippen LogP contribution is -2.12. The summed E-state index contributed by atoms with van der Waals surface area (Å²) < 4.78 is 0. The SMILES string of the molecule is CC(CN)c1ccc(C(C)(C)C)cc1.Cl. The van der Waals surface area contributed by atoms with Crippen molar-refractivity contribution in [3.8, 4) is 0 Å². The van der Waals surface area contributed by atoms with Crippen molar-refractivity contribution in [2.75, 3.05) is 6.54 Å². The largest absolute Gasteiger partial charge is 0.330 e. The van der Waals surface area contributed by atoms with Gasteiger partial charge in [0.1, 0.15) is 0 Å². The van der Waals surface area contributed by atoms with E-state index in [1.807, 2.05) is 0 Å². The topological polar surface area (TPSA) is 26.0 Å². The van der Waals surface area contributed by atoms with Crippen LogP contribution in [0.5, 0.6) is 0 Å². The molecule has 0 amide bonds. The molecule has 0 saturated heterocycles. The molecule has 0 spiro atoms. The molecule has 86 valence electrons. The molecular formula is C13H22ClN. The highest BCUT2D eigenvalue weighted by Crippen LogP contribution is 2.24. The summed E-state index contributed by atoms with van der Waals surface area (Å²) in [5.74, 6) is 0.462. The summed E-state index contributed by atoms with van der Waals surface area (Å²) in [6.45, 7) is 9.57. The van der Waals surface area contributed by atoms with E-state index in [1.54, 1.807) is 0 Å². The summed E-state index contributed by atoms with van der Waals surface area (Å²) in [6, 6.07) is 8.80. The fourth-order valence-corrected chi connectivity index (χ4v) is 1.45. The quantitative estimate of drug-likeness (QED) is 0.823. The molecule has 1 atom stereocenters. The van der Waals surface area contributed by atoms with Crippen molar-refractivity contribution in [3.05, 3.63) is 35.4 Å². The summed E-state index contributed by atoms with van der Waals surface area (Å²) in [5, 5.41) is 0. The first-order chi connectivity index (χ1) is 6.45. The van der Waals surface area contributed by atoms with E-state index in [9.17, 15) is 0 Å². The third-order valence-corrected chi connectivity index (χ3v) is 2.70. The molecule has 0 radical (unpaired) electrons. The Morgan fingerprint density at radius 1 is 1.13 bits per heavy atom. The molecule has 0 bridgehead atoms. The number of rotatable bonds is 2. The fraction of sp³-hybridized carbons (Fsp3) is 0.538. The van der Waals surface area contributed by atoms with Gasteiger partial charge in [0, 0.05) is 0 Å². The van der Waals surface area contributed by atoms with E-state index in [4.69, 9.17) is 5.73 Å². The van der Waals surface area contributed by atoms with Gasteiger partial charge in [-0.1, -0.05) is 52.0 Å². The van der Waals surface area contributed by atoms with E-state index in [0.717, 1.165) is 6.54 Å². The van der Waals surface area contributed by atoms with Gasteiger partial charge in [-0.15, -0.1) is 12.4 Å². The first-order valence-corrected chi connectivity index (χ1v) is 5.25. The minimum absolute atomic E-state index is 0. The minimum Gasteiger partial charge on any atom is -0.330 e. The molecule has 0 aliphatic rings. The molecule has 1 nitrogen and oxygen atoms in total. The Hall–Kier alpha value is -0.530. The average Bonchev–Trinajstić information content (AvgIpc) is 2.15. The first-order valence-electron chi connectivity index (χ1n) is 5.25. The van der Waals surface area contributed by atoms with E-state index >= 15 is 0 Å². The maximum Gasteiger partial charge on any atom is -0.00109 e. The van der Waals surface area contributed by atoms with Gasteiger partial charge in [0.05, 0.1) is 0 Å². The van der Waals surface area contributed by atoms with Crippen LogP contribution < -0.4 is 5.73 Å². The van der Waals surface area contributed by atoms with Crippen LogP contribution in [0.4, 0.5) is 0 Å². The van der Waals surface area contributed by atoms with Crippen molar-refractivity contribution in [2.24, 2.45) is 5.73 Å². The van der Waals surface area contributed by atoms with Gasteiger partial charge in [0.15, 0.2) is 0 Å². The summed E-state index contributed by atoms with van der Waals surface area (Å²) in [5.41, 5.74) is 8.58. The zero-order chi connectivity index (χ0) is 10.8. The lowest BCUT2D eigenvalue weighted by atomic mass is 9.86. The molecule has 0 aromatic heterocycles. The maximum atomic E-state index is 5.63. The first kappa shape index (κ1) is 14.5. The van der Waals surface area contributed by atoms with Crippen LogP contribution >= 0.6 is 12.4 Å². The Bertz CT molecular complexity index is 284. The van der Waals surface area contributed by atoms with E-state index in [1.165, 1.54) is 11.1 Å². The van der Waals surface area contributed by atoms with Gasteiger partial charge >= 0.3 is 0 Å². The van der Waals surface area contributed by atoms with Gasteiger partial charge < -0.3 is 5.73 Å². The second kappa shape index (κ2) is 5.53. The summed E-state index contributed by atoms with van der Waals surface area (Å²) in [7, 11) is 0.